The zero-order valence-corrected chi connectivity index (χ0v) is 13.4. The number of nitrogens with zero attached hydrogens (tertiary/aromatic N) is 2. The molecule has 0 radical (unpaired) electrons. The Morgan fingerprint density at radius 1 is 1.19 bits per heavy atom. The monoisotopic (exact) mass is 339 g/mol. The van der Waals surface area contributed by atoms with E-state index in [1.54, 1.807) is 13.2 Å². The number of benzene rings is 2. The van der Waals surface area contributed by atoms with Gasteiger partial charge in [0.15, 0.2) is 0 Å². The summed E-state index contributed by atoms with van der Waals surface area (Å²) in [6.07, 6.45) is 0. The van der Waals surface area contributed by atoms with Crippen LogP contribution in [0.4, 0.5) is 5.69 Å². The molecular weight excluding hydrogens is 329 g/mol. The molecule has 7 heteroatoms. The average Bonchev–Trinajstić information content (AvgIpc) is 2.95. The molecule has 0 saturated carbocycles. The van der Waals surface area contributed by atoms with E-state index in [0.717, 1.165) is 39.8 Å². The first-order chi connectivity index (χ1) is 10.2. The molecule has 0 saturated heterocycles. The molecular formula is C14H11Cl2N3OS. The summed E-state index contributed by atoms with van der Waals surface area (Å²) in [5, 5.41) is 4.56. The third kappa shape index (κ3) is 2.90. The van der Waals surface area contributed by atoms with Gasteiger partial charge in [0.05, 0.1) is 29.5 Å². The Morgan fingerprint density at radius 3 is 2.86 bits per heavy atom. The Kier molecular flexibility index (Phi) is 4.14. The van der Waals surface area contributed by atoms with E-state index in [1.807, 2.05) is 24.3 Å². The lowest BCUT2D eigenvalue weighted by atomic mass is 10.2. The van der Waals surface area contributed by atoms with Crippen molar-refractivity contribution in [1.29, 1.82) is 0 Å². The highest BCUT2D eigenvalue weighted by Crippen LogP contribution is 2.31. The van der Waals surface area contributed by atoms with Crippen LogP contribution in [0.5, 0.6) is 5.75 Å². The van der Waals surface area contributed by atoms with Gasteiger partial charge in [-0.25, -0.2) is 0 Å². The Labute approximate surface area is 136 Å². The molecule has 0 aliphatic carbocycles. The van der Waals surface area contributed by atoms with Gasteiger partial charge in [-0.1, -0.05) is 23.2 Å². The number of ether oxygens (including phenoxy) is 1. The van der Waals surface area contributed by atoms with Crippen LogP contribution in [-0.4, -0.2) is 15.9 Å². The molecule has 0 unspecified atom stereocenters. The van der Waals surface area contributed by atoms with Gasteiger partial charge in [-0.05, 0) is 30.3 Å². The Bertz CT molecular complexity index is 791. The normalized spacial score (nSPS) is 10.8. The van der Waals surface area contributed by atoms with Gasteiger partial charge < -0.3 is 10.1 Å². The Hall–Kier alpha value is -1.56. The maximum Gasteiger partial charge on any atom is 0.129 e. The van der Waals surface area contributed by atoms with Gasteiger partial charge in [0.25, 0.3) is 0 Å². The maximum absolute atomic E-state index is 6.25. The van der Waals surface area contributed by atoms with Gasteiger partial charge in [-0.2, -0.15) is 8.75 Å². The SMILES string of the molecule is COc1ccc(Cl)cc1CNc1c(Cl)ccc2nsnc12. The number of anilines is 1. The highest BCUT2D eigenvalue weighted by molar-refractivity contribution is 7.00. The number of methoxy groups -OCH3 is 1. The van der Waals surface area contributed by atoms with Crippen molar-refractivity contribution in [2.24, 2.45) is 0 Å². The average molecular weight is 340 g/mol. The van der Waals surface area contributed by atoms with Crippen LogP contribution < -0.4 is 10.1 Å². The molecule has 0 aliphatic heterocycles. The molecule has 1 N–H and O–H groups in total. The van der Waals surface area contributed by atoms with Gasteiger partial charge in [-0.15, -0.1) is 0 Å². The minimum atomic E-state index is 0.528. The standard InChI is InChI=1S/C14H11Cl2N3OS/c1-20-12-5-2-9(15)6-8(12)7-17-13-10(16)3-4-11-14(13)19-21-18-11/h2-6,17H,7H2,1H3. The summed E-state index contributed by atoms with van der Waals surface area (Å²) in [4.78, 5) is 0. The maximum atomic E-state index is 6.25. The summed E-state index contributed by atoms with van der Waals surface area (Å²) in [5.41, 5.74) is 3.31. The minimum absolute atomic E-state index is 0.528. The summed E-state index contributed by atoms with van der Waals surface area (Å²) >= 11 is 13.4. The molecule has 0 fully saturated rings. The number of hydrogen-bond acceptors (Lipinski definition) is 5. The number of rotatable bonds is 4. The Balaban J connectivity index is 1.92. The molecule has 21 heavy (non-hydrogen) atoms. The van der Waals surface area contributed by atoms with Crippen LogP contribution in [0.15, 0.2) is 30.3 Å². The molecule has 0 bridgehead atoms. The van der Waals surface area contributed by atoms with E-state index < -0.39 is 0 Å². The topological polar surface area (TPSA) is 47.0 Å². The third-order valence-electron chi connectivity index (χ3n) is 3.08. The Morgan fingerprint density at radius 2 is 2.05 bits per heavy atom. The predicted octanol–water partition coefficient (Wildman–Crippen LogP) is 4.62. The molecule has 0 aliphatic rings. The lowest BCUT2D eigenvalue weighted by Crippen LogP contribution is -2.03. The lowest BCUT2D eigenvalue weighted by molar-refractivity contribution is 0.410. The van der Waals surface area contributed by atoms with Crippen LogP contribution in [0.3, 0.4) is 0 Å². The van der Waals surface area contributed by atoms with E-state index in [2.05, 4.69) is 14.1 Å². The van der Waals surface area contributed by atoms with E-state index >= 15 is 0 Å². The van der Waals surface area contributed by atoms with Gasteiger partial charge >= 0.3 is 0 Å². The van der Waals surface area contributed by atoms with Crippen LogP contribution in [0.1, 0.15) is 5.56 Å². The fourth-order valence-electron chi connectivity index (χ4n) is 2.06. The molecule has 3 aromatic rings. The molecule has 0 atom stereocenters. The van der Waals surface area contributed by atoms with Crippen molar-refractivity contribution < 1.29 is 4.74 Å². The first kappa shape index (κ1) is 14.4. The van der Waals surface area contributed by atoms with E-state index in [0.29, 0.717) is 16.6 Å². The van der Waals surface area contributed by atoms with Crippen LogP contribution in [-0.2, 0) is 6.54 Å². The van der Waals surface area contributed by atoms with E-state index in [4.69, 9.17) is 27.9 Å². The number of aromatic nitrogens is 2. The van der Waals surface area contributed by atoms with Crippen LogP contribution in [0.25, 0.3) is 11.0 Å². The molecule has 0 amide bonds. The highest BCUT2D eigenvalue weighted by Gasteiger charge is 2.11. The zero-order chi connectivity index (χ0) is 14.8. The van der Waals surface area contributed by atoms with Crippen molar-refractivity contribution >= 4 is 51.7 Å². The van der Waals surface area contributed by atoms with Gasteiger partial charge in [0.2, 0.25) is 0 Å². The van der Waals surface area contributed by atoms with Crippen LogP contribution in [0.2, 0.25) is 10.0 Å². The summed E-state index contributed by atoms with van der Waals surface area (Å²) in [6.45, 7) is 0.528. The number of fused-ring (bicyclic) bond motifs is 1. The molecule has 0 spiro atoms. The van der Waals surface area contributed by atoms with E-state index in [-0.39, 0.29) is 0 Å². The van der Waals surface area contributed by atoms with E-state index in [1.165, 1.54) is 0 Å². The summed E-state index contributed by atoms with van der Waals surface area (Å²) in [7, 11) is 1.63. The quantitative estimate of drug-likeness (QED) is 0.753. The van der Waals surface area contributed by atoms with Crippen LogP contribution in [0, 0.1) is 0 Å². The van der Waals surface area contributed by atoms with Crippen molar-refractivity contribution in [3.63, 3.8) is 0 Å². The van der Waals surface area contributed by atoms with Crippen molar-refractivity contribution in [2.45, 2.75) is 6.54 Å². The molecule has 108 valence electrons. The summed E-state index contributed by atoms with van der Waals surface area (Å²) in [6, 6.07) is 9.16. The predicted molar refractivity (Wildman–Crippen MR) is 87.8 cm³/mol. The summed E-state index contributed by atoms with van der Waals surface area (Å²) in [5.74, 6) is 0.770. The number of halogens is 2. The lowest BCUT2D eigenvalue weighted by Gasteiger charge is -2.12. The fourth-order valence-corrected chi connectivity index (χ4v) is 3.02. The molecule has 1 aromatic heterocycles. The second kappa shape index (κ2) is 6.05. The molecule has 4 nitrogen and oxygen atoms in total. The first-order valence-corrected chi connectivity index (χ1v) is 7.64. The zero-order valence-electron chi connectivity index (χ0n) is 11.1. The van der Waals surface area contributed by atoms with Gasteiger partial charge in [0.1, 0.15) is 16.8 Å². The highest BCUT2D eigenvalue weighted by atomic mass is 35.5. The second-order valence-electron chi connectivity index (χ2n) is 4.36. The molecule has 3 rings (SSSR count). The van der Waals surface area contributed by atoms with Crippen molar-refractivity contribution in [3.8, 4) is 5.75 Å². The largest absolute Gasteiger partial charge is 0.496 e. The fraction of sp³-hybridized carbons (Fsp3) is 0.143. The number of hydrogen-bond donors (Lipinski definition) is 1. The second-order valence-corrected chi connectivity index (χ2v) is 5.74. The molecule has 2 aromatic carbocycles. The van der Waals surface area contributed by atoms with Crippen molar-refractivity contribution in [2.75, 3.05) is 12.4 Å². The van der Waals surface area contributed by atoms with Crippen LogP contribution >= 0.6 is 34.9 Å². The summed E-state index contributed by atoms with van der Waals surface area (Å²) < 4.78 is 13.8. The van der Waals surface area contributed by atoms with Crippen molar-refractivity contribution in [1.82, 2.24) is 8.75 Å². The first-order valence-electron chi connectivity index (χ1n) is 6.16. The minimum Gasteiger partial charge on any atom is -0.496 e. The third-order valence-corrected chi connectivity index (χ3v) is 4.17. The molecule has 1 heterocycles. The smallest absolute Gasteiger partial charge is 0.129 e. The number of nitrogens with one attached hydrogen (secondary N) is 1. The van der Waals surface area contributed by atoms with Gasteiger partial charge in [0, 0.05) is 17.1 Å². The van der Waals surface area contributed by atoms with Crippen molar-refractivity contribution in [3.05, 3.63) is 45.9 Å². The van der Waals surface area contributed by atoms with Gasteiger partial charge in [-0.3, -0.25) is 0 Å². The van der Waals surface area contributed by atoms with E-state index in [9.17, 15) is 0 Å².